The average molecular weight is 265 g/mol. The summed E-state index contributed by atoms with van der Waals surface area (Å²) in [5.41, 5.74) is 0.515. The number of halogens is 1. The summed E-state index contributed by atoms with van der Waals surface area (Å²) in [4.78, 5) is 4.04. The second kappa shape index (κ2) is 5.79. The van der Waals surface area contributed by atoms with E-state index in [-0.39, 0.29) is 12.4 Å². The molecule has 2 aromatic rings. The molecular formula is C13H16FN3O2. The zero-order valence-corrected chi connectivity index (χ0v) is 10.9. The lowest BCUT2D eigenvalue weighted by molar-refractivity contribution is 0.198. The Morgan fingerprint density at radius 2 is 2.26 bits per heavy atom. The summed E-state index contributed by atoms with van der Waals surface area (Å²) >= 11 is 0. The first-order chi connectivity index (χ1) is 9.11. The van der Waals surface area contributed by atoms with Crippen LogP contribution in [0.25, 0.3) is 0 Å². The number of aryl methyl sites for hydroxylation is 1. The molecule has 1 atom stereocenters. The molecule has 0 spiro atoms. The molecule has 1 N–H and O–H groups in total. The number of benzene rings is 1. The summed E-state index contributed by atoms with van der Waals surface area (Å²) < 4.78 is 20.8. The van der Waals surface area contributed by atoms with Crippen LogP contribution in [0.15, 0.2) is 24.5 Å². The number of aromatic nitrogens is 3. The third-order valence-electron chi connectivity index (χ3n) is 2.79. The Kier molecular flexibility index (Phi) is 4.11. The van der Waals surface area contributed by atoms with Crippen molar-refractivity contribution in [2.45, 2.75) is 33.1 Å². The lowest BCUT2D eigenvalue weighted by atomic mass is 10.1. The maximum absolute atomic E-state index is 13.7. The van der Waals surface area contributed by atoms with E-state index in [0.717, 1.165) is 0 Å². The van der Waals surface area contributed by atoms with Gasteiger partial charge in [0.05, 0.1) is 6.10 Å². The first-order valence-corrected chi connectivity index (χ1v) is 6.08. The molecule has 6 heteroatoms. The molecule has 1 aromatic heterocycles. The first-order valence-electron chi connectivity index (χ1n) is 6.08. The van der Waals surface area contributed by atoms with E-state index in [1.807, 2.05) is 6.92 Å². The highest BCUT2D eigenvalue weighted by atomic mass is 19.1. The van der Waals surface area contributed by atoms with E-state index in [1.54, 1.807) is 17.7 Å². The van der Waals surface area contributed by atoms with E-state index < -0.39 is 11.9 Å². The van der Waals surface area contributed by atoms with Crippen LogP contribution in [0.2, 0.25) is 0 Å². The molecule has 1 aromatic carbocycles. The number of aliphatic hydroxyl groups is 1. The second-order valence-electron chi connectivity index (χ2n) is 4.15. The highest BCUT2D eigenvalue weighted by molar-refractivity contribution is 5.30. The molecule has 1 unspecified atom stereocenters. The number of nitrogens with zero attached hydrogens (tertiary/aromatic N) is 3. The van der Waals surface area contributed by atoms with Crippen molar-refractivity contribution in [3.8, 4) is 5.75 Å². The maximum atomic E-state index is 13.7. The number of ether oxygens (including phenoxy) is 1. The van der Waals surface area contributed by atoms with Crippen LogP contribution in [0.4, 0.5) is 4.39 Å². The van der Waals surface area contributed by atoms with Crippen molar-refractivity contribution in [1.82, 2.24) is 14.8 Å². The monoisotopic (exact) mass is 265 g/mol. The van der Waals surface area contributed by atoms with E-state index in [2.05, 4.69) is 10.1 Å². The van der Waals surface area contributed by atoms with Crippen LogP contribution in [0.1, 0.15) is 31.3 Å². The molecule has 5 nitrogen and oxygen atoms in total. The molecule has 0 aliphatic heterocycles. The third kappa shape index (κ3) is 3.08. The van der Waals surface area contributed by atoms with Crippen LogP contribution in [-0.2, 0) is 13.2 Å². The number of aliphatic hydroxyl groups excluding tert-OH is 1. The van der Waals surface area contributed by atoms with Gasteiger partial charge in [0.1, 0.15) is 12.9 Å². The Morgan fingerprint density at radius 3 is 2.89 bits per heavy atom. The van der Waals surface area contributed by atoms with Gasteiger partial charge in [-0.25, -0.2) is 14.1 Å². The van der Waals surface area contributed by atoms with Gasteiger partial charge in [-0.2, -0.15) is 5.10 Å². The molecule has 0 amide bonds. The van der Waals surface area contributed by atoms with Gasteiger partial charge in [0.2, 0.25) is 0 Å². The second-order valence-corrected chi connectivity index (χ2v) is 4.15. The fraction of sp³-hybridized carbons (Fsp3) is 0.385. The molecule has 0 aliphatic carbocycles. The van der Waals surface area contributed by atoms with Crippen molar-refractivity contribution in [3.63, 3.8) is 0 Å². The quantitative estimate of drug-likeness (QED) is 0.899. The summed E-state index contributed by atoms with van der Waals surface area (Å²) in [5.74, 6) is 0.275. The van der Waals surface area contributed by atoms with Gasteiger partial charge in [0, 0.05) is 6.54 Å². The van der Waals surface area contributed by atoms with E-state index in [4.69, 9.17) is 4.74 Å². The molecule has 102 valence electrons. The van der Waals surface area contributed by atoms with Gasteiger partial charge in [0.15, 0.2) is 17.4 Å². The average Bonchev–Trinajstić information content (AvgIpc) is 2.84. The molecule has 0 bridgehead atoms. The highest BCUT2D eigenvalue weighted by Crippen LogP contribution is 2.22. The largest absolute Gasteiger partial charge is 0.483 e. The third-order valence-corrected chi connectivity index (χ3v) is 2.79. The Labute approximate surface area is 110 Å². The predicted octanol–water partition coefficient (Wildman–Crippen LogP) is 2.07. The zero-order valence-electron chi connectivity index (χ0n) is 10.9. The van der Waals surface area contributed by atoms with Crippen LogP contribution in [0.5, 0.6) is 5.75 Å². The van der Waals surface area contributed by atoms with Gasteiger partial charge < -0.3 is 9.84 Å². The van der Waals surface area contributed by atoms with Gasteiger partial charge in [-0.3, -0.25) is 0 Å². The topological polar surface area (TPSA) is 60.2 Å². The van der Waals surface area contributed by atoms with Crippen molar-refractivity contribution >= 4 is 0 Å². The van der Waals surface area contributed by atoms with E-state index >= 15 is 0 Å². The van der Waals surface area contributed by atoms with Gasteiger partial charge in [-0.15, -0.1) is 0 Å². The fourth-order valence-electron chi connectivity index (χ4n) is 1.70. The normalized spacial score (nSPS) is 12.4. The van der Waals surface area contributed by atoms with Crippen molar-refractivity contribution in [2.75, 3.05) is 0 Å². The van der Waals surface area contributed by atoms with Crippen molar-refractivity contribution in [1.29, 1.82) is 0 Å². The van der Waals surface area contributed by atoms with Crippen LogP contribution >= 0.6 is 0 Å². The smallest absolute Gasteiger partial charge is 0.165 e. The van der Waals surface area contributed by atoms with Crippen molar-refractivity contribution < 1.29 is 14.2 Å². The molecule has 0 aliphatic rings. The number of hydrogen-bond donors (Lipinski definition) is 1. The molecule has 0 radical (unpaired) electrons. The minimum atomic E-state index is -0.702. The lowest BCUT2D eigenvalue weighted by Crippen LogP contribution is -2.08. The summed E-state index contributed by atoms with van der Waals surface area (Å²) in [6.07, 6.45) is 0.737. The Morgan fingerprint density at radius 1 is 1.47 bits per heavy atom. The Balaban J connectivity index is 2.08. The number of rotatable bonds is 5. The minimum absolute atomic E-state index is 0.134. The summed E-state index contributed by atoms with van der Waals surface area (Å²) in [5, 5.41) is 13.4. The summed E-state index contributed by atoms with van der Waals surface area (Å²) in [6.45, 7) is 4.36. The Hall–Kier alpha value is -1.95. The fourth-order valence-corrected chi connectivity index (χ4v) is 1.70. The van der Waals surface area contributed by atoms with Gasteiger partial charge in [0.25, 0.3) is 0 Å². The van der Waals surface area contributed by atoms with Crippen molar-refractivity contribution in [2.24, 2.45) is 0 Å². The summed E-state index contributed by atoms with van der Waals surface area (Å²) in [6, 6.07) is 4.40. The van der Waals surface area contributed by atoms with E-state index in [1.165, 1.54) is 18.5 Å². The first kappa shape index (κ1) is 13.5. The van der Waals surface area contributed by atoms with Crippen LogP contribution < -0.4 is 4.74 Å². The van der Waals surface area contributed by atoms with Crippen LogP contribution in [0.3, 0.4) is 0 Å². The minimum Gasteiger partial charge on any atom is -0.483 e. The lowest BCUT2D eigenvalue weighted by Gasteiger charge is -2.10. The maximum Gasteiger partial charge on any atom is 0.165 e. The van der Waals surface area contributed by atoms with Gasteiger partial charge >= 0.3 is 0 Å². The molecule has 0 saturated heterocycles. The molecule has 1 heterocycles. The molecule has 19 heavy (non-hydrogen) atoms. The van der Waals surface area contributed by atoms with Crippen molar-refractivity contribution in [3.05, 3.63) is 41.7 Å². The number of hydrogen-bond acceptors (Lipinski definition) is 4. The van der Waals surface area contributed by atoms with Crippen LogP contribution in [0, 0.1) is 5.82 Å². The standard InChI is InChI=1S/C13H16FN3O2/c1-3-17-13(15-8-16-17)7-19-12-5-4-10(9(2)18)6-11(12)14/h4-6,8-9,18H,3,7H2,1-2H3. The molecule has 2 rings (SSSR count). The van der Waals surface area contributed by atoms with Crippen LogP contribution in [-0.4, -0.2) is 19.9 Å². The van der Waals surface area contributed by atoms with E-state index in [0.29, 0.717) is 17.9 Å². The Bertz CT molecular complexity index is 555. The van der Waals surface area contributed by atoms with Gasteiger partial charge in [-0.05, 0) is 31.5 Å². The molecule has 0 saturated carbocycles. The highest BCUT2D eigenvalue weighted by Gasteiger charge is 2.10. The SMILES string of the molecule is CCn1ncnc1COc1ccc(C(C)O)cc1F. The molecule has 0 fully saturated rings. The predicted molar refractivity (Wildman–Crippen MR) is 67.1 cm³/mol. The van der Waals surface area contributed by atoms with E-state index in [9.17, 15) is 9.50 Å². The summed E-state index contributed by atoms with van der Waals surface area (Å²) in [7, 11) is 0. The molecular weight excluding hydrogens is 249 g/mol. The van der Waals surface area contributed by atoms with Gasteiger partial charge in [-0.1, -0.05) is 6.07 Å². The zero-order chi connectivity index (χ0) is 13.8.